The number of fused-ring (bicyclic) bond motifs is 3. The fourth-order valence-electron chi connectivity index (χ4n) is 4.81. The summed E-state index contributed by atoms with van der Waals surface area (Å²) in [6, 6.07) is 20.3. The third-order valence-corrected chi connectivity index (χ3v) is 7.57. The number of β-lactam (4-membered cyclic amide) rings is 1. The lowest BCUT2D eigenvalue weighted by molar-refractivity contribution is -0.137. The summed E-state index contributed by atoms with van der Waals surface area (Å²) in [4.78, 5) is 29.5. The summed E-state index contributed by atoms with van der Waals surface area (Å²) < 4.78 is 11.4. The molecule has 2 bridgehead atoms. The molecule has 1 aromatic heterocycles. The molecule has 2 amide bonds. The molecule has 5 heterocycles. The van der Waals surface area contributed by atoms with E-state index in [9.17, 15) is 9.59 Å². The Hall–Kier alpha value is -3.84. The van der Waals surface area contributed by atoms with Crippen LogP contribution in [0.25, 0.3) is 33.0 Å². The van der Waals surface area contributed by atoms with E-state index in [1.165, 1.54) is 4.90 Å². The molecule has 4 aliphatic heterocycles. The van der Waals surface area contributed by atoms with Crippen molar-refractivity contribution in [2.45, 2.75) is 11.3 Å². The van der Waals surface area contributed by atoms with Crippen LogP contribution in [0.1, 0.15) is 11.6 Å². The van der Waals surface area contributed by atoms with Crippen LogP contribution in [0, 0.1) is 0 Å². The topological polar surface area (TPSA) is 68.7 Å². The number of pyridine rings is 1. The van der Waals surface area contributed by atoms with Crippen molar-refractivity contribution in [1.82, 2.24) is 9.88 Å². The minimum atomic E-state index is -0.270. The van der Waals surface area contributed by atoms with Gasteiger partial charge >= 0.3 is 0 Å². The summed E-state index contributed by atoms with van der Waals surface area (Å²) in [5, 5.41) is 1.75. The first-order valence-electron chi connectivity index (χ1n) is 10.6. The molecular weight excluding hydrogens is 436 g/mol. The summed E-state index contributed by atoms with van der Waals surface area (Å²) in [5.41, 5.74) is 5.01. The highest BCUT2D eigenvalue weighted by atomic mass is 32.2. The number of benzene rings is 3. The number of imide groups is 1. The molecule has 8 rings (SSSR count). The molecule has 0 N–H and O–H groups in total. The van der Waals surface area contributed by atoms with Crippen LogP contribution in [-0.4, -0.2) is 33.1 Å². The van der Waals surface area contributed by atoms with Crippen molar-refractivity contribution in [3.05, 3.63) is 78.6 Å². The van der Waals surface area contributed by atoms with E-state index in [0.29, 0.717) is 0 Å². The van der Waals surface area contributed by atoms with E-state index in [1.54, 1.807) is 6.20 Å². The summed E-state index contributed by atoms with van der Waals surface area (Å²) in [6.45, 7) is 0.203. The second-order valence-electron chi connectivity index (χ2n) is 8.28. The van der Waals surface area contributed by atoms with Gasteiger partial charge in [-0.1, -0.05) is 30.3 Å². The minimum Gasteiger partial charge on any atom is -0.454 e. The Labute approximate surface area is 193 Å². The zero-order valence-corrected chi connectivity index (χ0v) is 18.0. The predicted molar refractivity (Wildman–Crippen MR) is 125 cm³/mol. The van der Waals surface area contributed by atoms with Gasteiger partial charge in [0.1, 0.15) is 5.25 Å². The molecular formula is C26H16N2O4S. The Morgan fingerprint density at radius 2 is 1.79 bits per heavy atom. The number of aromatic nitrogens is 1. The van der Waals surface area contributed by atoms with Crippen LogP contribution >= 0.6 is 11.8 Å². The average molecular weight is 452 g/mol. The first-order valence-corrected chi connectivity index (χ1v) is 11.5. The number of amides is 2. The van der Waals surface area contributed by atoms with Gasteiger partial charge < -0.3 is 9.47 Å². The van der Waals surface area contributed by atoms with Gasteiger partial charge in [-0.05, 0) is 69.6 Å². The van der Waals surface area contributed by atoms with Crippen LogP contribution in [-0.2, 0) is 4.79 Å². The molecule has 2 unspecified atom stereocenters. The number of carbonyl (C=O) groups is 2. The SMILES string of the molecule is O=C1SC2C(=O)N1C2c1ccc2cc(-c3cc4c(c(-c5cccnc5)c3)OCO4)ccc2c1. The normalized spacial score (nSPS) is 20.4. The van der Waals surface area contributed by atoms with Gasteiger partial charge in [0.05, 0.1) is 6.04 Å². The standard InChI is InChI=1S/C26H16N2O4S/c29-25-24-22(28(25)26(30)33-24)17-6-5-14-8-16(4-3-15(14)9-17)19-10-20(18-2-1-7-27-12-18)23-21(11-19)31-13-32-23/h1-12,22,24H,13H2. The van der Waals surface area contributed by atoms with Gasteiger partial charge in [-0.3, -0.25) is 19.5 Å². The van der Waals surface area contributed by atoms with Crippen molar-refractivity contribution in [3.63, 3.8) is 0 Å². The molecule has 0 saturated carbocycles. The van der Waals surface area contributed by atoms with Crippen molar-refractivity contribution in [3.8, 4) is 33.8 Å². The van der Waals surface area contributed by atoms with Gasteiger partial charge in [-0.25, -0.2) is 0 Å². The monoisotopic (exact) mass is 452 g/mol. The van der Waals surface area contributed by atoms with Gasteiger partial charge in [-0.15, -0.1) is 0 Å². The van der Waals surface area contributed by atoms with Gasteiger partial charge in [0.2, 0.25) is 12.7 Å². The highest BCUT2D eigenvalue weighted by Crippen LogP contribution is 2.52. The number of nitrogens with zero attached hydrogens (tertiary/aromatic N) is 2. The maximum Gasteiger partial charge on any atom is 0.289 e. The molecule has 4 aliphatic rings. The molecule has 0 spiro atoms. The van der Waals surface area contributed by atoms with Crippen LogP contribution in [0.2, 0.25) is 0 Å². The number of carbonyl (C=O) groups excluding carboxylic acids is 2. The molecule has 3 aromatic carbocycles. The zero-order chi connectivity index (χ0) is 22.1. The molecule has 4 aromatic rings. The first-order chi connectivity index (χ1) is 16.2. The Morgan fingerprint density at radius 3 is 2.58 bits per heavy atom. The lowest BCUT2D eigenvalue weighted by Gasteiger charge is -2.35. The van der Waals surface area contributed by atoms with Crippen LogP contribution in [0.4, 0.5) is 4.79 Å². The highest BCUT2D eigenvalue weighted by Gasteiger charge is 2.59. The van der Waals surface area contributed by atoms with Gasteiger partial charge in [0.25, 0.3) is 5.24 Å². The maximum absolute atomic E-state index is 12.0. The van der Waals surface area contributed by atoms with E-state index in [-0.39, 0.29) is 29.2 Å². The largest absolute Gasteiger partial charge is 0.454 e. The van der Waals surface area contributed by atoms with Crippen LogP contribution < -0.4 is 9.47 Å². The number of hydrogen-bond donors (Lipinski definition) is 0. The van der Waals surface area contributed by atoms with Crippen LogP contribution in [0.5, 0.6) is 11.5 Å². The van der Waals surface area contributed by atoms with Gasteiger partial charge in [0, 0.05) is 23.5 Å². The Balaban J connectivity index is 1.29. The average Bonchev–Trinajstić information content (AvgIpc) is 3.55. The van der Waals surface area contributed by atoms with Crippen LogP contribution in [0.3, 0.4) is 0 Å². The van der Waals surface area contributed by atoms with Crippen molar-refractivity contribution in [2.24, 2.45) is 0 Å². The molecule has 3 fully saturated rings. The quantitative estimate of drug-likeness (QED) is 0.387. The smallest absolute Gasteiger partial charge is 0.289 e. The molecule has 33 heavy (non-hydrogen) atoms. The fourth-order valence-corrected chi connectivity index (χ4v) is 5.97. The summed E-state index contributed by atoms with van der Waals surface area (Å²) >= 11 is 1.13. The molecule has 7 heteroatoms. The lowest BCUT2D eigenvalue weighted by Crippen LogP contribution is -2.50. The lowest BCUT2D eigenvalue weighted by atomic mass is 9.91. The summed E-state index contributed by atoms with van der Waals surface area (Å²) in [6.07, 6.45) is 3.57. The molecule has 160 valence electrons. The number of ether oxygens (including phenoxy) is 2. The van der Waals surface area contributed by atoms with E-state index >= 15 is 0 Å². The Kier molecular flexibility index (Phi) is 3.87. The van der Waals surface area contributed by atoms with Crippen LogP contribution in [0.15, 0.2) is 73.1 Å². The highest BCUT2D eigenvalue weighted by molar-refractivity contribution is 8.15. The van der Waals surface area contributed by atoms with Crippen molar-refractivity contribution in [2.75, 3.05) is 6.79 Å². The van der Waals surface area contributed by atoms with E-state index in [2.05, 4.69) is 41.4 Å². The van der Waals surface area contributed by atoms with Crippen molar-refractivity contribution in [1.29, 1.82) is 0 Å². The summed E-state index contributed by atoms with van der Waals surface area (Å²) in [5.74, 6) is 1.39. The second kappa shape index (κ2) is 6.83. The predicted octanol–water partition coefficient (Wildman–Crippen LogP) is 5.42. The van der Waals surface area contributed by atoms with E-state index in [1.807, 2.05) is 30.5 Å². The van der Waals surface area contributed by atoms with E-state index < -0.39 is 0 Å². The van der Waals surface area contributed by atoms with Crippen molar-refractivity contribution < 1.29 is 19.1 Å². The maximum atomic E-state index is 12.0. The number of thioether (sulfide) groups is 1. The molecule has 3 saturated heterocycles. The Morgan fingerprint density at radius 1 is 0.909 bits per heavy atom. The second-order valence-corrected chi connectivity index (χ2v) is 9.37. The fraction of sp³-hybridized carbons (Fsp3) is 0.115. The van der Waals surface area contributed by atoms with E-state index in [0.717, 1.165) is 61.9 Å². The van der Waals surface area contributed by atoms with Gasteiger partial charge in [-0.2, -0.15) is 0 Å². The zero-order valence-electron chi connectivity index (χ0n) is 17.2. The first kappa shape index (κ1) is 18.7. The molecule has 0 radical (unpaired) electrons. The molecule has 6 nitrogen and oxygen atoms in total. The molecule has 0 aliphatic carbocycles. The summed E-state index contributed by atoms with van der Waals surface area (Å²) in [7, 11) is 0. The number of hydrogen-bond acceptors (Lipinski definition) is 6. The Bertz CT molecular complexity index is 1480. The minimum absolute atomic E-state index is 0.0716. The number of rotatable bonds is 3. The van der Waals surface area contributed by atoms with Crippen molar-refractivity contribution >= 4 is 33.7 Å². The third kappa shape index (κ3) is 2.72. The third-order valence-electron chi connectivity index (χ3n) is 6.45. The molecule has 2 atom stereocenters. The van der Waals surface area contributed by atoms with E-state index in [4.69, 9.17) is 9.47 Å². The van der Waals surface area contributed by atoms with Gasteiger partial charge in [0.15, 0.2) is 11.5 Å².